The molecule has 0 amide bonds. The van der Waals surface area contributed by atoms with E-state index in [1.54, 1.807) is 0 Å². The highest BCUT2D eigenvalue weighted by atomic mass is 35.5. The zero-order chi connectivity index (χ0) is 16.6. The number of hydrogen-bond donors (Lipinski definition) is 0. The van der Waals surface area contributed by atoms with Crippen molar-refractivity contribution in [1.82, 2.24) is 4.90 Å². The van der Waals surface area contributed by atoms with Crippen LogP contribution in [0.15, 0.2) is 65.7 Å². The second-order valence-corrected chi connectivity index (χ2v) is 6.33. The molecule has 1 heterocycles. The fraction of sp³-hybridized carbons (Fsp3) is 0.318. The molecule has 1 saturated heterocycles. The molecule has 0 aromatic heterocycles. The molecule has 25 heavy (non-hydrogen) atoms. The Hall–Kier alpha value is -2.24. The lowest BCUT2D eigenvalue weighted by Crippen LogP contribution is -2.35. The molecular weight excluding hydrogens is 328 g/mol. The second kappa shape index (κ2) is 9.91. The summed E-state index contributed by atoms with van der Waals surface area (Å²) in [5.41, 5.74) is 2.84. The van der Waals surface area contributed by atoms with Crippen molar-refractivity contribution < 1.29 is 0 Å². The van der Waals surface area contributed by atoms with Gasteiger partial charge >= 0.3 is 0 Å². The molecule has 0 atom stereocenters. The first kappa shape index (κ1) is 19.1. The van der Waals surface area contributed by atoms with E-state index in [1.807, 2.05) is 6.34 Å². The molecule has 2 nitrogen and oxygen atoms in total. The molecule has 0 unspecified atom stereocenters. The molecule has 0 N–H and O–H groups in total. The number of rotatable bonds is 5. The molecule has 0 aliphatic carbocycles. The average molecular weight is 353 g/mol. The molecule has 0 saturated carbocycles. The predicted molar refractivity (Wildman–Crippen MR) is 108 cm³/mol. The van der Waals surface area contributed by atoms with Crippen LogP contribution < -0.4 is 0 Å². The number of halogens is 1. The van der Waals surface area contributed by atoms with Crippen molar-refractivity contribution in [2.75, 3.05) is 19.6 Å². The fourth-order valence-electron chi connectivity index (χ4n) is 3.63. The molecule has 3 heteroatoms. The molecule has 1 aliphatic rings. The van der Waals surface area contributed by atoms with Gasteiger partial charge < -0.3 is 4.90 Å². The number of hydrogen-bond acceptors (Lipinski definition) is 1. The van der Waals surface area contributed by atoms with Crippen molar-refractivity contribution in [1.29, 1.82) is 0 Å². The van der Waals surface area contributed by atoms with E-state index in [0.29, 0.717) is 18.4 Å². The monoisotopic (exact) mass is 352 g/mol. The highest BCUT2D eigenvalue weighted by Gasteiger charge is 2.28. The van der Waals surface area contributed by atoms with E-state index in [1.165, 1.54) is 24.0 Å². The molecule has 1 aliphatic heterocycles. The van der Waals surface area contributed by atoms with Gasteiger partial charge in [0.1, 0.15) is 6.54 Å². The third-order valence-electron chi connectivity index (χ3n) is 4.79. The summed E-state index contributed by atoms with van der Waals surface area (Å²) in [4.78, 5) is 6.56. The van der Waals surface area contributed by atoms with E-state index in [9.17, 15) is 0 Å². The smallest absolute Gasteiger partial charge is 0.101 e. The van der Waals surface area contributed by atoms with Crippen LogP contribution in [0.25, 0.3) is 0 Å². The number of aliphatic imine (C=N–C) groups is 1. The van der Waals surface area contributed by atoms with Crippen molar-refractivity contribution in [3.05, 3.63) is 71.8 Å². The molecule has 2 aromatic carbocycles. The molecule has 130 valence electrons. The molecular formula is C22H25ClN2. The Morgan fingerprint density at radius 1 is 1.00 bits per heavy atom. The Labute approximate surface area is 157 Å². The first-order chi connectivity index (χ1) is 11.9. The Kier molecular flexibility index (Phi) is 7.57. The van der Waals surface area contributed by atoms with E-state index in [-0.39, 0.29) is 12.4 Å². The summed E-state index contributed by atoms with van der Waals surface area (Å²) in [6.07, 6.45) is 9.53. The maximum absolute atomic E-state index is 5.25. The third-order valence-corrected chi connectivity index (χ3v) is 4.79. The standard InChI is InChI=1S/C22H24N2.ClH/c1-2-15-23-18-24-16-13-21(14-17-24)22(19-9-5-3-6-10-19)20-11-7-4-8-12-20;/h1,3-12,18,21-22H,13-17H2;1H. The number of likely N-dealkylation sites (tertiary alicyclic amines) is 1. The van der Waals surface area contributed by atoms with Gasteiger partial charge in [0.25, 0.3) is 0 Å². The predicted octanol–water partition coefficient (Wildman–Crippen LogP) is 4.61. The van der Waals surface area contributed by atoms with Gasteiger partial charge in [0.2, 0.25) is 0 Å². The molecule has 0 spiro atoms. The fourth-order valence-corrected chi connectivity index (χ4v) is 3.63. The summed E-state index contributed by atoms with van der Waals surface area (Å²) in [6, 6.07) is 21.8. The lowest BCUT2D eigenvalue weighted by atomic mass is 9.76. The van der Waals surface area contributed by atoms with Gasteiger partial charge in [-0.15, -0.1) is 18.8 Å². The lowest BCUT2D eigenvalue weighted by Gasteiger charge is -2.35. The van der Waals surface area contributed by atoms with Crippen LogP contribution >= 0.6 is 12.4 Å². The molecule has 0 radical (unpaired) electrons. The van der Waals surface area contributed by atoms with Crippen molar-refractivity contribution in [2.24, 2.45) is 10.9 Å². The van der Waals surface area contributed by atoms with Gasteiger partial charge in [0.15, 0.2) is 0 Å². The normalized spacial score (nSPS) is 15.1. The van der Waals surface area contributed by atoms with Crippen LogP contribution in [-0.4, -0.2) is 30.9 Å². The van der Waals surface area contributed by atoms with Gasteiger partial charge in [-0.1, -0.05) is 66.6 Å². The van der Waals surface area contributed by atoms with Crippen molar-refractivity contribution in [3.63, 3.8) is 0 Å². The summed E-state index contributed by atoms with van der Waals surface area (Å²) >= 11 is 0. The molecule has 3 rings (SSSR count). The topological polar surface area (TPSA) is 15.6 Å². The van der Waals surface area contributed by atoms with Crippen molar-refractivity contribution in [2.45, 2.75) is 18.8 Å². The molecule has 1 fully saturated rings. The van der Waals surface area contributed by atoms with Gasteiger partial charge in [-0.05, 0) is 29.9 Å². The number of terminal acetylenes is 1. The van der Waals surface area contributed by atoms with Crippen LogP contribution in [-0.2, 0) is 0 Å². The third kappa shape index (κ3) is 5.11. The molecule has 0 bridgehead atoms. The van der Waals surface area contributed by atoms with Crippen LogP contribution in [0.2, 0.25) is 0 Å². The van der Waals surface area contributed by atoms with E-state index < -0.39 is 0 Å². The average Bonchev–Trinajstić information content (AvgIpc) is 2.65. The number of nitrogens with zero attached hydrogens (tertiary/aromatic N) is 2. The van der Waals surface area contributed by atoms with Gasteiger partial charge in [-0.2, -0.15) is 0 Å². The Bertz CT molecular complexity index is 643. The van der Waals surface area contributed by atoms with E-state index in [2.05, 4.69) is 76.5 Å². The molecule has 2 aromatic rings. The zero-order valence-corrected chi connectivity index (χ0v) is 15.2. The highest BCUT2D eigenvalue weighted by Crippen LogP contribution is 2.37. The Morgan fingerprint density at radius 2 is 1.52 bits per heavy atom. The first-order valence-electron chi connectivity index (χ1n) is 8.66. The Morgan fingerprint density at radius 3 is 2.00 bits per heavy atom. The van der Waals surface area contributed by atoms with Crippen molar-refractivity contribution >= 4 is 18.7 Å². The number of piperidine rings is 1. The quantitative estimate of drug-likeness (QED) is 0.435. The largest absolute Gasteiger partial charge is 0.363 e. The minimum atomic E-state index is 0. The van der Waals surface area contributed by atoms with Crippen LogP contribution in [0.3, 0.4) is 0 Å². The maximum atomic E-state index is 5.25. The van der Waals surface area contributed by atoms with Gasteiger partial charge in [0.05, 0.1) is 6.34 Å². The van der Waals surface area contributed by atoms with Gasteiger partial charge in [-0.3, -0.25) is 4.99 Å². The maximum Gasteiger partial charge on any atom is 0.101 e. The lowest BCUT2D eigenvalue weighted by molar-refractivity contribution is 0.254. The summed E-state index contributed by atoms with van der Waals surface area (Å²) in [5, 5.41) is 0. The second-order valence-electron chi connectivity index (χ2n) is 6.33. The summed E-state index contributed by atoms with van der Waals surface area (Å²) in [7, 11) is 0. The van der Waals surface area contributed by atoms with Crippen LogP contribution in [0.4, 0.5) is 0 Å². The SMILES string of the molecule is C#CCN=CN1CCC(C(c2ccccc2)c2ccccc2)CC1.Cl. The summed E-state index contributed by atoms with van der Waals surface area (Å²) in [6.45, 7) is 2.57. The summed E-state index contributed by atoms with van der Waals surface area (Å²) < 4.78 is 0. The van der Waals surface area contributed by atoms with Crippen molar-refractivity contribution in [3.8, 4) is 12.3 Å². The highest BCUT2D eigenvalue weighted by molar-refractivity contribution is 5.85. The minimum absolute atomic E-state index is 0. The summed E-state index contributed by atoms with van der Waals surface area (Å²) in [5.74, 6) is 3.68. The minimum Gasteiger partial charge on any atom is -0.363 e. The van der Waals surface area contributed by atoms with Gasteiger partial charge in [-0.25, -0.2) is 0 Å². The zero-order valence-electron chi connectivity index (χ0n) is 14.4. The van der Waals surface area contributed by atoms with Crippen LogP contribution in [0.1, 0.15) is 29.9 Å². The Balaban J connectivity index is 0.00000225. The van der Waals surface area contributed by atoms with Gasteiger partial charge in [0, 0.05) is 19.0 Å². The van der Waals surface area contributed by atoms with E-state index >= 15 is 0 Å². The van der Waals surface area contributed by atoms with Crippen LogP contribution in [0.5, 0.6) is 0 Å². The van der Waals surface area contributed by atoms with E-state index in [4.69, 9.17) is 6.42 Å². The number of benzene rings is 2. The first-order valence-corrected chi connectivity index (χ1v) is 8.66. The van der Waals surface area contributed by atoms with Crippen LogP contribution in [0, 0.1) is 18.3 Å². The van der Waals surface area contributed by atoms with E-state index in [0.717, 1.165) is 13.1 Å².